The highest BCUT2D eigenvalue weighted by Crippen LogP contribution is 2.58. The van der Waals surface area contributed by atoms with Gasteiger partial charge in [-0.3, -0.25) is 19.2 Å². The summed E-state index contributed by atoms with van der Waals surface area (Å²) in [6, 6.07) is -0.675. The number of aliphatic hydroxyl groups is 1. The Labute approximate surface area is 212 Å². The van der Waals surface area contributed by atoms with Crippen molar-refractivity contribution < 1.29 is 24.3 Å². The van der Waals surface area contributed by atoms with Gasteiger partial charge in [0.15, 0.2) is 5.78 Å². The fourth-order valence-corrected chi connectivity index (χ4v) is 7.81. The highest BCUT2D eigenvalue weighted by Gasteiger charge is 2.53. The molecule has 192 valence electrons. The normalized spacial score (nSPS) is 42.3. The van der Waals surface area contributed by atoms with Gasteiger partial charge >= 0.3 is 0 Å². The van der Waals surface area contributed by atoms with Gasteiger partial charge in [-0.05, 0) is 92.6 Å². The molecule has 3 fully saturated rings. The SMILES string of the molecule is CC(=O)[C@H]1[C@@H]2C=C[C@@H]3[C@H]4C/C=C\C(=O)NCCC[C@@H]5NC(=O)C(=C(O)/C=C/[C@@H]4C[C@@H]3[C@H]2C[C@H]1C)C5=O. The van der Waals surface area contributed by atoms with Gasteiger partial charge in [0.1, 0.15) is 17.1 Å². The predicted molar refractivity (Wildman–Crippen MR) is 134 cm³/mol. The molecule has 2 saturated carbocycles. The van der Waals surface area contributed by atoms with E-state index < -0.39 is 17.7 Å². The van der Waals surface area contributed by atoms with Crippen LogP contribution in [-0.2, 0) is 19.2 Å². The van der Waals surface area contributed by atoms with E-state index in [1.807, 2.05) is 12.2 Å². The molecule has 1 saturated heterocycles. The first kappa shape index (κ1) is 24.7. The molecule has 0 spiro atoms. The van der Waals surface area contributed by atoms with E-state index in [2.05, 4.69) is 29.7 Å². The quantitative estimate of drug-likeness (QED) is 0.384. The summed E-state index contributed by atoms with van der Waals surface area (Å²) in [6.07, 6.45) is 15.2. The van der Waals surface area contributed by atoms with Crippen LogP contribution in [0.1, 0.15) is 46.0 Å². The predicted octanol–water partition coefficient (Wildman–Crippen LogP) is 3.19. The van der Waals surface area contributed by atoms with Crippen molar-refractivity contribution in [3.63, 3.8) is 0 Å². The van der Waals surface area contributed by atoms with Crippen molar-refractivity contribution in [1.82, 2.24) is 10.6 Å². The molecule has 3 aliphatic carbocycles. The van der Waals surface area contributed by atoms with Crippen LogP contribution in [0.2, 0.25) is 0 Å². The summed E-state index contributed by atoms with van der Waals surface area (Å²) >= 11 is 0. The second kappa shape index (κ2) is 9.83. The first-order valence-electron chi connectivity index (χ1n) is 13.4. The largest absolute Gasteiger partial charge is 0.507 e. The van der Waals surface area contributed by atoms with Crippen LogP contribution >= 0.6 is 0 Å². The van der Waals surface area contributed by atoms with Gasteiger partial charge in [-0.25, -0.2) is 0 Å². The number of carbonyl (C=O) groups excluding carboxylic acids is 4. The Hall–Kier alpha value is -2.96. The molecule has 0 unspecified atom stereocenters. The molecular formula is C29H36N2O5. The molecule has 3 N–H and O–H groups in total. The van der Waals surface area contributed by atoms with E-state index in [1.165, 1.54) is 6.08 Å². The third-order valence-electron chi connectivity index (χ3n) is 9.32. The molecule has 36 heavy (non-hydrogen) atoms. The van der Waals surface area contributed by atoms with E-state index in [0.29, 0.717) is 43.1 Å². The molecule has 2 aliphatic heterocycles. The van der Waals surface area contributed by atoms with Crippen molar-refractivity contribution in [2.45, 2.75) is 52.0 Å². The molecule has 0 aromatic rings. The maximum atomic E-state index is 12.8. The maximum Gasteiger partial charge on any atom is 0.259 e. The second-order valence-corrected chi connectivity index (χ2v) is 11.4. The highest BCUT2D eigenvalue weighted by atomic mass is 16.3. The van der Waals surface area contributed by atoms with Gasteiger partial charge in [-0.1, -0.05) is 31.2 Å². The monoisotopic (exact) mass is 492 g/mol. The van der Waals surface area contributed by atoms with Gasteiger partial charge in [0, 0.05) is 12.5 Å². The topological polar surface area (TPSA) is 113 Å². The summed E-state index contributed by atoms with van der Waals surface area (Å²) in [4.78, 5) is 49.9. The number of Topliss-reactive ketones (excluding diaryl/α,β-unsaturated/α-hetero) is 2. The van der Waals surface area contributed by atoms with Gasteiger partial charge in [0.05, 0.1) is 6.04 Å². The lowest BCUT2D eigenvalue weighted by molar-refractivity contribution is -0.123. The van der Waals surface area contributed by atoms with E-state index in [1.54, 1.807) is 13.0 Å². The molecule has 5 rings (SSSR count). The zero-order chi connectivity index (χ0) is 25.6. The Kier molecular flexibility index (Phi) is 6.75. The minimum absolute atomic E-state index is 0.0759. The van der Waals surface area contributed by atoms with E-state index >= 15 is 0 Å². The van der Waals surface area contributed by atoms with Gasteiger partial charge in [-0.15, -0.1) is 0 Å². The number of amides is 2. The number of hydrogen-bond donors (Lipinski definition) is 3. The first-order chi connectivity index (χ1) is 17.3. The van der Waals surface area contributed by atoms with Crippen molar-refractivity contribution >= 4 is 23.4 Å². The minimum Gasteiger partial charge on any atom is -0.507 e. The van der Waals surface area contributed by atoms with Crippen molar-refractivity contribution in [1.29, 1.82) is 0 Å². The Balaban J connectivity index is 1.46. The summed E-state index contributed by atoms with van der Waals surface area (Å²) in [5.41, 5.74) is -0.173. The van der Waals surface area contributed by atoms with Crippen LogP contribution in [0.25, 0.3) is 0 Å². The molecule has 2 heterocycles. The van der Waals surface area contributed by atoms with Crippen LogP contribution in [0.4, 0.5) is 0 Å². The van der Waals surface area contributed by atoms with E-state index in [-0.39, 0.29) is 46.7 Å². The Morgan fingerprint density at radius 3 is 2.53 bits per heavy atom. The maximum absolute atomic E-state index is 12.8. The highest BCUT2D eigenvalue weighted by molar-refractivity contribution is 6.27. The molecule has 7 nitrogen and oxygen atoms in total. The number of nitrogens with one attached hydrogen (secondary N) is 2. The van der Waals surface area contributed by atoms with Crippen LogP contribution in [0.5, 0.6) is 0 Å². The molecule has 7 heteroatoms. The van der Waals surface area contributed by atoms with Crippen LogP contribution in [0.3, 0.4) is 0 Å². The lowest BCUT2D eigenvalue weighted by Crippen LogP contribution is -2.31. The van der Waals surface area contributed by atoms with Crippen LogP contribution in [-0.4, -0.2) is 41.1 Å². The fourth-order valence-electron chi connectivity index (χ4n) is 7.81. The number of rotatable bonds is 1. The number of allylic oxidation sites excluding steroid dienone is 5. The second-order valence-electron chi connectivity index (χ2n) is 11.4. The Bertz CT molecular complexity index is 1090. The van der Waals surface area contributed by atoms with E-state index in [0.717, 1.165) is 19.3 Å². The molecule has 2 bridgehead atoms. The summed E-state index contributed by atoms with van der Waals surface area (Å²) in [6.45, 7) is 4.30. The lowest BCUT2D eigenvalue weighted by Gasteiger charge is -2.35. The summed E-state index contributed by atoms with van der Waals surface area (Å²) in [5, 5.41) is 16.2. The third-order valence-corrected chi connectivity index (χ3v) is 9.32. The van der Waals surface area contributed by atoms with Gasteiger partial charge in [-0.2, -0.15) is 0 Å². The van der Waals surface area contributed by atoms with Gasteiger partial charge in [0.2, 0.25) is 5.91 Å². The zero-order valence-corrected chi connectivity index (χ0v) is 21.0. The molecule has 2 amide bonds. The average molecular weight is 493 g/mol. The van der Waals surface area contributed by atoms with Crippen molar-refractivity contribution in [3.8, 4) is 0 Å². The number of fused-ring (bicyclic) bond motifs is 7. The molecule has 9 atom stereocenters. The van der Waals surface area contributed by atoms with Gasteiger partial charge in [0.25, 0.3) is 5.91 Å². The number of aliphatic hydroxyl groups excluding tert-OH is 1. The minimum atomic E-state index is -0.675. The molecule has 5 aliphatic rings. The van der Waals surface area contributed by atoms with Crippen molar-refractivity contribution in [2.24, 2.45) is 47.3 Å². The van der Waals surface area contributed by atoms with Gasteiger partial charge < -0.3 is 15.7 Å². The van der Waals surface area contributed by atoms with Crippen LogP contribution < -0.4 is 10.6 Å². The zero-order valence-electron chi connectivity index (χ0n) is 21.0. The summed E-state index contributed by atoms with van der Waals surface area (Å²) in [5.74, 6) is 1.15. The van der Waals surface area contributed by atoms with Crippen LogP contribution in [0.15, 0.2) is 47.8 Å². The molecule has 0 aromatic heterocycles. The fraction of sp³-hybridized carbons (Fsp3) is 0.586. The number of hydrogen-bond acceptors (Lipinski definition) is 5. The van der Waals surface area contributed by atoms with Crippen molar-refractivity contribution in [2.75, 3.05) is 6.54 Å². The van der Waals surface area contributed by atoms with E-state index in [9.17, 15) is 24.3 Å². The number of carbonyl (C=O) groups is 4. The first-order valence-corrected chi connectivity index (χ1v) is 13.4. The van der Waals surface area contributed by atoms with E-state index in [4.69, 9.17) is 0 Å². The standard InChI is InChI=1S/C29H36N2O5/c1-15-13-21-20(26(15)16(2)32)10-9-19-18-5-3-7-25(34)30-12-4-6-23-28(35)27(29(36)31-23)24(33)11-8-17(18)14-22(19)21/h3,7-11,15,17-23,26,33H,4-6,12-14H2,1-2H3,(H,30,34)(H,31,36)/b7-3-,11-8+,27-24?/t15-,17-,18+,19-,20-,21+,22+,23+,26+/m1/s1. The van der Waals surface area contributed by atoms with Crippen LogP contribution in [0, 0.1) is 47.3 Å². The third kappa shape index (κ3) is 4.37. The molecule has 0 aromatic carbocycles. The Morgan fingerprint density at radius 1 is 1.00 bits per heavy atom. The van der Waals surface area contributed by atoms with Crippen molar-refractivity contribution in [3.05, 3.63) is 47.8 Å². The number of ketones is 2. The molecule has 0 radical (unpaired) electrons. The Morgan fingerprint density at radius 2 is 1.75 bits per heavy atom. The average Bonchev–Trinajstić information content (AvgIpc) is 3.44. The lowest BCUT2D eigenvalue weighted by atomic mass is 9.69. The summed E-state index contributed by atoms with van der Waals surface area (Å²) < 4.78 is 0. The molecular weight excluding hydrogens is 456 g/mol. The smallest absolute Gasteiger partial charge is 0.259 e. The summed E-state index contributed by atoms with van der Waals surface area (Å²) in [7, 11) is 0.